The lowest BCUT2D eigenvalue weighted by Gasteiger charge is -1.97. The average Bonchev–Trinajstić information content (AvgIpc) is 3.23. The summed E-state index contributed by atoms with van der Waals surface area (Å²) in [5.74, 6) is 2.68. The third-order valence-corrected chi connectivity index (χ3v) is 5.98. The maximum absolute atomic E-state index is 9.60. The van der Waals surface area contributed by atoms with Gasteiger partial charge >= 0.3 is 0 Å². The van der Waals surface area contributed by atoms with Crippen LogP contribution in [-0.4, -0.2) is 9.55 Å². The minimum Gasteiger partial charge on any atom is -0.335 e. The zero-order valence-corrected chi connectivity index (χ0v) is 15.3. The van der Waals surface area contributed by atoms with Gasteiger partial charge in [0.05, 0.1) is 21.7 Å². The van der Waals surface area contributed by atoms with Crippen molar-refractivity contribution >= 4 is 50.3 Å². The first kappa shape index (κ1) is 16.5. The van der Waals surface area contributed by atoms with E-state index in [1.54, 1.807) is 11.3 Å². The highest BCUT2D eigenvalue weighted by Gasteiger charge is 2.10. The van der Waals surface area contributed by atoms with Gasteiger partial charge in [-0.25, -0.2) is 4.98 Å². The lowest BCUT2D eigenvalue weighted by molar-refractivity contribution is 0.885. The van der Waals surface area contributed by atoms with Crippen molar-refractivity contribution in [3.05, 3.63) is 65.2 Å². The molecule has 3 nitrogen and oxygen atoms in total. The van der Waals surface area contributed by atoms with Crippen LogP contribution < -0.4 is 0 Å². The summed E-state index contributed by atoms with van der Waals surface area (Å²) in [4.78, 5) is 5.20. The highest BCUT2D eigenvalue weighted by Crippen LogP contribution is 2.35. The van der Waals surface area contributed by atoms with Crippen molar-refractivity contribution in [1.82, 2.24) is 9.55 Å². The zero-order chi connectivity index (χ0) is 17.9. The van der Waals surface area contributed by atoms with Gasteiger partial charge in [-0.3, -0.25) is 0 Å². The van der Waals surface area contributed by atoms with Crippen LogP contribution in [0, 0.1) is 23.7 Å². The van der Waals surface area contributed by atoms with Crippen molar-refractivity contribution in [1.29, 1.82) is 5.26 Å². The van der Waals surface area contributed by atoms with Gasteiger partial charge in [0, 0.05) is 22.7 Å². The number of para-hydroxylation sites is 2. The molecule has 0 unspecified atom stereocenters. The molecule has 4 aromatic rings. The summed E-state index contributed by atoms with van der Waals surface area (Å²) >= 11 is 2.99. The van der Waals surface area contributed by atoms with E-state index < -0.39 is 0 Å². The van der Waals surface area contributed by atoms with Gasteiger partial charge in [-0.1, -0.05) is 36.3 Å². The fraction of sp³-hybridized carbons (Fsp3) is 0.0476. The van der Waals surface area contributed by atoms with Crippen LogP contribution in [0.2, 0.25) is 0 Å². The van der Waals surface area contributed by atoms with Crippen LogP contribution in [0.1, 0.15) is 5.56 Å². The maximum atomic E-state index is 9.60. The molecule has 0 aliphatic heterocycles. The summed E-state index contributed by atoms with van der Waals surface area (Å²) in [6, 6.07) is 18.4. The topological polar surface area (TPSA) is 41.6 Å². The summed E-state index contributed by atoms with van der Waals surface area (Å²) in [7, 11) is 0. The molecule has 0 atom stereocenters. The third-order valence-electron chi connectivity index (χ3n) is 3.95. The molecule has 0 saturated heterocycles. The number of benzene rings is 2. The number of aromatic nitrogens is 2. The molecule has 2 heterocycles. The molecular weight excluding hydrogens is 358 g/mol. The second-order valence-corrected chi connectivity index (χ2v) is 7.92. The first-order valence-electron chi connectivity index (χ1n) is 7.95. The van der Waals surface area contributed by atoms with Crippen molar-refractivity contribution in [2.45, 2.75) is 10.9 Å². The normalized spacial score (nSPS) is 11.5. The van der Waals surface area contributed by atoms with E-state index in [4.69, 9.17) is 6.42 Å². The van der Waals surface area contributed by atoms with Gasteiger partial charge in [-0.15, -0.1) is 17.8 Å². The molecule has 0 fully saturated rings. The van der Waals surface area contributed by atoms with Crippen LogP contribution in [0.4, 0.5) is 0 Å². The number of nitrogens with zero attached hydrogens (tertiary/aromatic N) is 3. The minimum absolute atomic E-state index is 0.501. The van der Waals surface area contributed by atoms with Gasteiger partial charge in [0.15, 0.2) is 4.34 Å². The molecule has 26 heavy (non-hydrogen) atoms. The molecule has 5 heteroatoms. The van der Waals surface area contributed by atoms with Crippen molar-refractivity contribution in [2.75, 3.05) is 0 Å². The molecule has 0 saturated carbocycles. The van der Waals surface area contributed by atoms with E-state index in [9.17, 15) is 5.26 Å². The van der Waals surface area contributed by atoms with E-state index in [0.29, 0.717) is 11.4 Å². The molecule has 0 radical (unpaired) electrons. The Morgan fingerprint density at radius 3 is 2.85 bits per heavy atom. The van der Waals surface area contributed by atoms with Crippen molar-refractivity contribution in [3.8, 4) is 18.4 Å². The van der Waals surface area contributed by atoms with E-state index in [-0.39, 0.29) is 0 Å². The van der Waals surface area contributed by atoms with E-state index in [1.807, 2.05) is 65.4 Å². The molecule has 2 aromatic heterocycles. The maximum Gasteiger partial charge on any atom is 0.156 e. The smallest absolute Gasteiger partial charge is 0.156 e. The van der Waals surface area contributed by atoms with Gasteiger partial charge in [-0.05, 0) is 36.0 Å². The molecule has 0 amide bonds. The Labute approximate surface area is 159 Å². The summed E-state index contributed by atoms with van der Waals surface area (Å²) in [6.45, 7) is 0.501. The molecule has 124 valence electrons. The number of thioether (sulfide) groups is 1. The van der Waals surface area contributed by atoms with Crippen LogP contribution in [-0.2, 0) is 6.54 Å². The second-order valence-electron chi connectivity index (χ2n) is 5.60. The van der Waals surface area contributed by atoms with E-state index >= 15 is 0 Å². The SMILES string of the molecule is C#CCn1cc(C=C(C#N)Sc2nc3ccccc3s2)c2ccccc21. The summed E-state index contributed by atoms with van der Waals surface area (Å²) < 4.78 is 4.02. The predicted molar refractivity (Wildman–Crippen MR) is 110 cm³/mol. The zero-order valence-electron chi connectivity index (χ0n) is 13.7. The standard InChI is InChI=1S/C21H13N3S2/c1-2-11-24-14-15(17-7-3-5-9-19(17)24)12-16(13-22)25-21-23-18-8-4-6-10-20(18)26-21/h1,3-10,12,14H,11H2. The highest BCUT2D eigenvalue weighted by atomic mass is 32.2. The minimum atomic E-state index is 0.501. The fourth-order valence-corrected chi connectivity index (χ4v) is 4.80. The molecular formula is C21H13N3S2. The van der Waals surface area contributed by atoms with Crippen LogP contribution in [0.3, 0.4) is 0 Å². The van der Waals surface area contributed by atoms with Gasteiger partial charge in [-0.2, -0.15) is 5.26 Å². The first-order valence-corrected chi connectivity index (χ1v) is 9.58. The molecule has 0 aliphatic carbocycles. The predicted octanol–water partition coefficient (Wildman–Crippen LogP) is 5.54. The van der Waals surface area contributed by atoms with Gasteiger partial charge < -0.3 is 4.57 Å². The Bertz CT molecular complexity index is 1180. The third kappa shape index (κ3) is 3.11. The largest absolute Gasteiger partial charge is 0.335 e. The number of hydrogen-bond donors (Lipinski definition) is 0. The molecule has 0 aliphatic rings. The Kier molecular flexibility index (Phi) is 4.50. The summed E-state index contributed by atoms with van der Waals surface area (Å²) in [6.07, 6.45) is 9.39. The molecule has 4 rings (SSSR count). The Hall–Kier alpha value is -2.99. The number of terminal acetylenes is 1. The lowest BCUT2D eigenvalue weighted by atomic mass is 10.1. The molecule has 0 bridgehead atoms. The van der Waals surface area contributed by atoms with Gasteiger partial charge in [0.1, 0.15) is 6.07 Å². The first-order chi connectivity index (χ1) is 12.8. The number of nitriles is 1. The average molecular weight is 371 g/mol. The van der Waals surface area contributed by atoms with E-state index in [1.165, 1.54) is 11.8 Å². The number of thiazole rings is 1. The Morgan fingerprint density at radius 2 is 2.04 bits per heavy atom. The molecule has 0 N–H and O–H groups in total. The van der Waals surface area contributed by atoms with Gasteiger partial charge in [0.25, 0.3) is 0 Å². The summed E-state index contributed by atoms with van der Waals surface area (Å²) in [5, 5.41) is 10.7. The van der Waals surface area contributed by atoms with Crippen molar-refractivity contribution in [3.63, 3.8) is 0 Å². The Morgan fingerprint density at radius 1 is 1.23 bits per heavy atom. The van der Waals surface area contributed by atoms with Crippen molar-refractivity contribution in [2.24, 2.45) is 0 Å². The Balaban J connectivity index is 1.73. The van der Waals surface area contributed by atoms with E-state index in [0.717, 1.165) is 31.0 Å². The highest BCUT2D eigenvalue weighted by molar-refractivity contribution is 8.05. The van der Waals surface area contributed by atoms with Crippen LogP contribution >= 0.6 is 23.1 Å². The second kappa shape index (κ2) is 7.09. The van der Waals surface area contributed by atoms with Crippen LogP contribution in [0.25, 0.3) is 27.2 Å². The van der Waals surface area contributed by atoms with Crippen LogP contribution in [0.5, 0.6) is 0 Å². The quantitative estimate of drug-likeness (QED) is 0.269. The monoisotopic (exact) mass is 371 g/mol. The number of hydrogen-bond acceptors (Lipinski definition) is 4. The van der Waals surface area contributed by atoms with Crippen molar-refractivity contribution < 1.29 is 0 Å². The molecule has 2 aromatic carbocycles. The number of fused-ring (bicyclic) bond motifs is 2. The van der Waals surface area contributed by atoms with E-state index in [2.05, 4.69) is 17.0 Å². The fourth-order valence-electron chi connectivity index (χ4n) is 2.83. The number of rotatable bonds is 4. The number of allylic oxidation sites excluding steroid dienone is 1. The lowest BCUT2D eigenvalue weighted by Crippen LogP contribution is -1.91. The van der Waals surface area contributed by atoms with Crippen LogP contribution in [0.15, 0.2) is 64.0 Å². The summed E-state index contributed by atoms with van der Waals surface area (Å²) in [5.41, 5.74) is 3.02. The van der Waals surface area contributed by atoms with Gasteiger partial charge in [0.2, 0.25) is 0 Å². The molecule has 0 spiro atoms.